The fourth-order valence-electron chi connectivity index (χ4n) is 1.42. The molecule has 1 aliphatic carbocycles. The van der Waals surface area contributed by atoms with Crippen molar-refractivity contribution in [3.63, 3.8) is 0 Å². The molecule has 0 radical (unpaired) electrons. The number of amides is 1. The number of nitrogens with two attached hydrogens (primary N) is 1. The average molecular weight is 198 g/mol. The predicted molar refractivity (Wildman–Crippen MR) is 57.8 cm³/mol. The number of nitrogens with one attached hydrogen (secondary N) is 1. The van der Waals surface area contributed by atoms with Gasteiger partial charge in [0.2, 0.25) is 5.91 Å². The van der Waals surface area contributed by atoms with Gasteiger partial charge in [-0.2, -0.15) is 0 Å². The van der Waals surface area contributed by atoms with Gasteiger partial charge in [-0.25, -0.2) is 0 Å². The fourth-order valence-corrected chi connectivity index (χ4v) is 1.42. The number of hydrogen-bond donors (Lipinski definition) is 2. The van der Waals surface area contributed by atoms with E-state index in [1.54, 1.807) is 0 Å². The van der Waals surface area contributed by atoms with Crippen LogP contribution in [0.1, 0.15) is 39.5 Å². The Morgan fingerprint density at radius 3 is 2.71 bits per heavy atom. The van der Waals surface area contributed by atoms with Gasteiger partial charge < -0.3 is 11.1 Å². The summed E-state index contributed by atoms with van der Waals surface area (Å²) >= 11 is 0. The van der Waals surface area contributed by atoms with Crippen LogP contribution in [0.3, 0.4) is 0 Å². The lowest BCUT2D eigenvalue weighted by molar-refractivity contribution is -0.124. The summed E-state index contributed by atoms with van der Waals surface area (Å²) in [5, 5.41) is 3.01. The number of rotatable bonds is 6. The minimum absolute atomic E-state index is 0.112. The van der Waals surface area contributed by atoms with E-state index < -0.39 is 0 Å². The largest absolute Gasteiger partial charge is 0.355 e. The summed E-state index contributed by atoms with van der Waals surface area (Å²) in [6, 6.07) is 0. The monoisotopic (exact) mass is 198 g/mol. The zero-order valence-corrected chi connectivity index (χ0v) is 9.31. The SMILES string of the molecule is CC(CCCN)C(=O)NCC1(C)CC1. The third kappa shape index (κ3) is 3.66. The molecular weight excluding hydrogens is 176 g/mol. The van der Waals surface area contributed by atoms with E-state index in [1.165, 1.54) is 12.8 Å². The van der Waals surface area contributed by atoms with Crippen molar-refractivity contribution in [2.24, 2.45) is 17.1 Å². The van der Waals surface area contributed by atoms with Gasteiger partial charge in [0.15, 0.2) is 0 Å². The van der Waals surface area contributed by atoms with Gasteiger partial charge in [-0.15, -0.1) is 0 Å². The van der Waals surface area contributed by atoms with Crippen molar-refractivity contribution in [3.05, 3.63) is 0 Å². The first-order chi connectivity index (χ1) is 6.57. The van der Waals surface area contributed by atoms with Crippen LogP contribution in [-0.2, 0) is 4.79 Å². The lowest BCUT2D eigenvalue weighted by atomic mass is 10.0. The Kier molecular flexibility index (Phi) is 3.93. The second-order valence-corrected chi connectivity index (χ2v) is 4.86. The summed E-state index contributed by atoms with van der Waals surface area (Å²) in [7, 11) is 0. The highest BCUT2D eigenvalue weighted by Crippen LogP contribution is 2.44. The van der Waals surface area contributed by atoms with Crippen LogP contribution in [-0.4, -0.2) is 19.0 Å². The maximum atomic E-state index is 11.6. The highest BCUT2D eigenvalue weighted by Gasteiger charge is 2.37. The molecule has 0 aromatic rings. The molecule has 1 amide bonds. The van der Waals surface area contributed by atoms with Crippen molar-refractivity contribution >= 4 is 5.91 Å². The van der Waals surface area contributed by atoms with Gasteiger partial charge in [-0.3, -0.25) is 4.79 Å². The van der Waals surface area contributed by atoms with Gasteiger partial charge in [-0.05, 0) is 37.6 Å². The van der Waals surface area contributed by atoms with Crippen molar-refractivity contribution in [2.45, 2.75) is 39.5 Å². The molecule has 3 N–H and O–H groups in total. The van der Waals surface area contributed by atoms with Crippen molar-refractivity contribution in [2.75, 3.05) is 13.1 Å². The minimum Gasteiger partial charge on any atom is -0.355 e. The van der Waals surface area contributed by atoms with Crippen LogP contribution in [0.5, 0.6) is 0 Å². The van der Waals surface area contributed by atoms with Crippen molar-refractivity contribution in [1.82, 2.24) is 5.32 Å². The van der Waals surface area contributed by atoms with Gasteiger partial charge in [0.05, 0.1) is 0 Å². The summed E-state index contributed by atoms with van der Waals surface area (Å²) in [4.78, 5) is 11.6. The molecular formula is C11H22N2O. The van der Waals surface area contributed by atoms with Gasteiger partial charge in [-0.1, -0.05) is 13.8 Å². The first-order valence-electron chi connectivity index (χ1n) is 5.55. The highest BCUT2D eigenvalue weighted by atomic mass is 16.1. The van der Waals surface area contributed by atoms with Crippen LogP contribution in [0.2, 0.25) is 0 Å². The zero-order valence-electron chi connectivity index (χ0n) is 9.31. The molecule has 1 unspecified atom stereocenters. The van der Waals surface area contributed by atoms with Crippen molar-refractivity contribution < 1.29 is 4.79 Å². The van der Waals surface area contributed by atoms with Crippen LogP contribution < -0.4 is 11.1 Å². The van der Waals surface area contributed by atoms with E-state index in [0.717, 1.165) is 19.4 Å². The topological polar surface area (TPSA) is 55.1 Å². The van der Waals surface area contributed by atoms with Crippen LogP contribution >= 0.6 is 0 Å². The molecule has 0 aromatic carbocycles. The third-order valence-electron chi connectivity index (χ3n) is 3.08. The van der Waals surface area contributed by atoms with Crippen LogP contribution in [0, 0.1) is 11.3 Å². The zero-order chi connectivity index (χ0) is 10.6. The Balaban J connectivity index is 2.13. The molecule has 3 nitrogen and oxygen atoms in total. The molecule has 0 spiro atoms. The highest BCUT2D eigenvalue weighted by molar-refractivity contribution is 5.78. The maximum absolute atomic E-state index is 11.6. The van der Waals surface area contributed by atoms with E-state index in [0.29, 0.717) is 12.0 Å². The number of carbonyl (C=O) groups excluding carboxylic acids is 1. The van der Waals surface area contributed by atoms with Crippen molar-refractivity contribution in [1.29, 1.82) is 0 Å². The smallest absolute Gasteiger partial charge is 0.222 e. The molecule has 1 rings (SSSR count). The number of hydrogen-bond acceptors (Lipinski definition) is 2. The lowest BCUT2D eigenvalue weighted by Crippen LogP contribution is -2.33. The molecule has 82 valence electrons. The van der Waals surface area contributed by atoms with Gasteiger partial charge >= 0.3 is 0 Å². The van der Waals surface area contributed by atoms with E-state index in [4.69, 9.17) is 5.73 Å². The molecule has 0 saturated heterocycles. The van der Waals surface area contributed by atoms with Crippen LogP contribution in [0.15, 0.2) is 0 Å². The molecule has 1 atom stereocenters. The van der Waals surface area contributed by atoms with E-state index >= 15 is 0 Å². The molecule has 14 heavy (non-hydrogen) atoms. The van der Waals surface area contributed by atoms with E-state index in [9.17, 15) is 4.79 Å². The number of carbonyl (C=O) groups is 1. The Labute approximate surface area is 86.4 Å². The molecule has 1 saturated carbocycles. The summed E-state index contributed by atoms with van der Waals surface area (Å²) in [6.07, 6.45) is 4.35. The maximum Gasteiger partial charge on any atom is 0.222 e. The molecule has 1 fully saturated rings. The molecule has 0 aliphatic heterocycles. The second kappa shape index (κ2) is 4.78. The second-order valence-electron chi connectivity index (χ2n) is 4.86. The van der Waals surface area contributed by atoms with E-state index in [2.05, 4.69) is 12.2 Å². The van der Waals surface area contributed by atoms with Gasteiger partial charge in [0, 0.05) is 12.5 Å². The Bertz CT molecular complexity index is 199. The minimum atomic E-state index is 0.112. The quantitative estimate of drug-likeness (QED) is 0.675. The van der Waals surface area contributed by atoms with E-state index in [1.807, 2.05) is 6.92 Å². The normalized spacial score (nSPS) is 20.2. The Hall–Kier alpha value is -0.570. The molecule has 3 heteroatoms. The summed E-state index contributed by atoms with van der Waals surface area (Å²) in [5.74, 6) is 0.299. The van der Waals surface area contributed by atoms with Crippen LogP contribution in [0.4, 0.5) is 0 Å². The third-order valence-corrected chi connectivity index (χ3v) is 3.08. The molecule has 1 aliphatic rings. The summed E-state index contributed by atoms with van der Waals surface area (Å²) < 4.78 is 0. The van der Waals surface area contributed by atoms with Gasteiger partial charge in [0.25, 0.3) is 0 Å². The van der Waals surface area contributed by atoms with E-state index in [-0.39, 0.29) is 11.8 Å². The van der Waals surface area contributed by atoms with Crippen molar-refractivity contribution in [3.8, 4) is 0 Å². The standard InChI is InChI=1S/C11H22N2O/c1-9(4-3-7-12)10(14)13-8-11(2)5-6-11/h9H,3-8,12H2,1-2H3,(H,13,14). The summed E-state index contributed by atoms with van der Waals surface area (Å²) in [5.41, 5.74) is 5.80. The fraction of sp³-hybridized carbons (Fsp3) is 0.909. The molecule has 0 heterocycles. The lowest BCUT2D eigenvalue weighted by Gasteiger charge is -2.14. The van der Waals surface area contributed by atoms with Crippen LogP contribution in [0.25, 0.3) is 0 Å². The molecule has 0 bridgehead atoms. The summed E-state index contributed by atoms with van der Waals surface area (Å²) in [6.45, 7) is 5.71. The first-order valence-corrected chi connectivity index (χ1v) is 5.55. The van der Waals surface area contributed by atoms with Gasteiger partial charge in [0.1, 0.15) is 0 Å². The first kappa shape index (κ1) is 11.5. The Morgan fingerprint density at radius 2 is 2.21 bits per heavy atom. The molecule has 0 aromatic heterocycles. The average Bonchev–Trinajstić information content (AvgIpc) is 2.90. The predicted octanol–water partition coefficient (Wildman–Crippen LogP) is 1.28. The Morgan fingerprint density at radius 1 is 1.57 bits per heavy atom.